The third kappa shape index (κ3) is 11.1. The quantitative estimate of drug-likeness (QED) is 0.134. The summed E-state index contributed by atoms with van der Waals surface area (Å²) in [5.74, 6) is -5.26. The number of esters is 1. The lowest BCUT2D eigenvalue weighted by atomic mass is 9.91. The van der Waals surface area contributed by atoms with Crippen LogP contribution in [0.3, 0.4) is 0 Å². The van der Waals surface area contributed by atoms with Crippen LogP contribution in [-0.2, 0) is 36.5 Å². The highest BCUT2D eigenvalue weighted by Gasteiger charge is 2.37. The van der Waals surface area contributed by atoms with Crippen molar-refractivity contribution in [1.82, 2.24) is 26.4 Å². The molecule has 0 bridgehead atoms. The van der Waals surface area contributed by atoms with Gasteiger partial charge in [0.1, 0.15) is 12.1 Å². The van der Waals surface area contributed by atoms with Crippen molar-refractivity contribution in [1.29, 1.82) is 0 Å². The average Bonchev–Trinajstić information content (AvgIpc) is 3.59. The van der Waals surface area contributed by atoms with E-state index < -0.39 is 65.4 Å². The molecule has 1 fully saturated rings. The summed E-state index contributed by atoms with van der Waals surface area (Å²) in [6, 6.07) is 9.92. The fourth-order valence-corrected chi connectivity index (χ4v) is 5.84. The highest BCUT2D eigenvalue weighted by molar-refractivity contribution is 5.98. The van der Waals surface area contributed by atoms with Gasteiger partial charge in [0.05, 0.1) is 6.61 Å². The van der Waals surface area contributed by atoms with Crippen molar-refractivity contribution in [2.45, 2.75) is 77.2 Å². The summed E-state index contributed by atoms with van der Waals surface area (Å²) in [5, 5.41) is 15.7. The SMILES string of the molecule is CCOC(=O)/C=C/[C@H](C[C@@H]1CCCNC1=O)NC(=O)[C@H](CC(C)C)NC(=O)[C@H](Cc1cccc2ccccc12)NC(=O)c1cc(C(F)(F)F)on1. The van der Waals surface area contributed by atoms with Crippen LogP contribution in [-0.4, -0.2) is 66.0 Å². The van der Waals surface area contributed by atoms with Crippen LogP contribution in [0.1, 0.15) is 68.3 Å². The Balaban J connectivity index is 1.60. The monoisotopic (exact) mass is 713 g/mol. The number of carbonyl (C=O) groups is 5. The minimum Gasteiger partial charge on any atom is -0.463 e. The summed E-state index contributed by atoms with van der Waals surface area (Å²) in [7, 11) is 0. The van der Waals surface area contributed by atoms with Crippen LogP contribution in [0.15, 0.2) is 65.2 Å². The number of piperidine rings is 1. The van der Waals surface area contributed by atoms with E-state index in [1.165, 1.54) is 12.2 Å². The molecule has 1 aromatic heterocycles. The molecule has 15 heteroatoms. The molecule has 4 N–H and O–H groups in total. The van der Waals surface area contributed by atoms with E-state index in [4.69, 9.17) is 4.74 Å². The molecule has 1 saturated heterocycles. The summed E-state index contributed by atoms with van der Waals surface area (Å²) in [6.07, 6.45) is -0.648. The molecule has 4 amide bonds. The molecule has 4 rings (SSSR count). The van der Waals surface area contributed by atoms with Crippen molar-refractivity contribution in [3.63, 3.8) is 0 Å². The minimum absolute atomic E-state index is 0.0827. The number of halogens is 3. The summed E-state index contributed by atoms with van der Waals surface area (Å²) in [6.45, 7) is 6.02. The van der Waals surface area contributed by atoms with Crippen molar-refractivity contribution in [3.05, 3.63) is 77.7 Å². The van der Waals surface area contributed by atoms with E-state index in [1.54, 1.807) is 25.1 Å². The fourth-order valence-electron chi connectivity index (χ4n) is 5.84. The lowest BCUT2D eigenvalue weighted by Crippen LogP contribution is -2.56. The summed E-state index contributed by atoms with van der Waals surface area (Å²) in [5.41, 5.74) is -0.0260. The van der Waals surface area contributed by atoms with Gasteiger partial charge in [-0.3, -0.25) is 19.2 Å². The molecule has 0 saturated carbocycles. The number of ether oxygens (including phenoxy) is 1. The molecule has 0 radical (unpaired) electrons. The van der Waals surface area contributed by atoms with Gasteiger partial charge in [-0.05, 0) is 54.9 Å². The van der Waals surface area contributed by atoms with Crippen LogP contribution < -0.4 is 21.3 Å². The molecule has 3 aromatic rings. The van der Waals surface area contributed by atoms with Crippen molar-refractivity contribution in [2.75, 3.05) is 13.2 Å². The van der Waals surface area contributed by atoms with Gasteiger partial charge < -0.3 is 30.5 Å². The highest BCUT2D eigenvalue weighted by atomic mass is 19.4. The average molecular weight is 714 g/mol. The van der Waals surface area contributed by atoms with Crippen LogP contribution in [0.4, 0.5) is 13.2 Å². The number of hydrogen-bond acceptors (Lipinski definition) is 8. The third-order valence-corrected chi connectivity index (χ3v) is 8.30. The Kier molecular flexibility index (Phi) is 13.3. The van der Waals surface area contributed by atoms with E-state index in [-0.39, 0.29) is 37.7 Å². The molecule has 1 aliphatic rings. The highest BCUT2D eigenvalue weighted by Crippen LogP contribution is 2.29. The molecule has 2 aromatic carbocycles. The first-order chi connectivity index (χ1) is 24.2. The molecular weight excluding hydrogens is 671 g/mol. The third-order valence-electron chi connectivity index (χ3n) is 8.30. The van der Waals surface area contributed by atoms with E-state index in [1.807, 2.05) is 38.1 Å². The standard InChI is InChI=1S/C36H42F3N5O7/c1-4-50-31(45)15-14-25(18-24-12-8-16-40-32(24)46)41-33(47)27(17-21(2)3)42-34(48)28(19-23-11-7-10-22-9-5-6-13-26(22)23)43-35(49)29-20-30(51-44-29)36(37,38)39/h5-7,9-11,13-15,20-21,24-25,27-28H,4,8,12,16-19H2,1-3H3,(H,40,46)(H,41,47)(H,42,48)(H,43,49)/b15-14+/t24-,25+,27-,28-/m0/s1. The molecule has 51 heavy (non-hydrogen) atoms. The normalized spacial score (nSPS) is 16.7. The molecule has 274 valence electrons. The Morgan fingerprint density at radius 1 is 1.04 bits per heavy atom. The Hall–Kier alpha value is -5.21. The molecular formula is C36H42F3N5O7. The Bertz CT molecular complexity index is 1730. The zero-order chi connectivity index (χ0) is 37.1. The number of carbonyl (C=O) groups excluding carboxylic acids is 5. The topological polar surface area (TPSA) is 169 Å². The number of hydrogen-bond donors (Lipinski definition) is 4. The lowest BCUT2D eigenvalue weighted by Gasteiger charge is -2.28. The maximum absolute atomic E-state index is 14.0. The van der Waals surface area contributed by atoms with E-state index >= 15 is 0 Å². The fraction of sp³-hybridized carbons (Fsp3) is 0.444. The first-order valence-electron chi connectivity index (χ1n) is 16.8. The zero-order valence-corrected chi connectivity index (χ0v) is 28.5. The predicted octanol–water partition coefficient (Wildman–Crippen LogP) is 4.24. The van der Waals surface area contributed by atoms with Gasteiger partial charge in [0.25, 0.3) is 5.91 Å². The van der Waals surface area contributed by atoms with Crippen LogP contribution >= 0.6 is 0 Å². The van der Waals surface area contributed by atoms with E-state index in [0.29, 0.717) is 24.6 Å². The number of nitrogens with one attached hydrogen (secondary N) is 4. The van der Waals surface area contributed by atoms with Gasteiger partial charge in [-0.25, -0.2) is 4.79 Å². The number of alkyl halides is 3. The van der Waals surface area contributed by atoms with Gasteiger partial charge in [0.2, 0.25) is 23.5 Å². The molecule has 2 heterocycles. The number of rotatable bonds is 15. The Morgan fingerprint density at radius 3 is 2.45 bits per heavy atom. The van der Waals surface area contributed by atoms with Crippen LogP contribution in [0.5, 0.6) is 0 Å². The molecule has 0 aliphatic carbocycles. The minimum atomic E-state index is -4.88. The smallest absolute Gasteiger partial charge is 0.452 e. The second-order valence-electron chi connectivity index (χ2n) is 12.7. The summed E-state index contributed by atoms with van der Waals surface area (Å²) < 4.78 is 48.8. The first-order valence-corrected chi connectivity index (χ1v) is 16.8. The van der Waals surface area contributed by atoms with Crippen molar-refractivity contribution in [2.24, 2.45) is 11.8 Å². The Morgan fingerprint density at radius 2 is 1.76 bits per heavy atom. The largest absolute Gasteiger partial charge is 0.463 e. The van der Waals surface area contributed by atoms with Gasteiger partial charge in [0.15, 0.2) is 5.69 Å². The van der Waals surface area contributed by atoms with E-state index in [9.17, 15) is 37.1 Å². The van der Waals surface area contributed by atoms with Gasteiger partial charge in [-0.1, -0.05) is 67.5 Å². The van der Waals surface area contributed by atoms with E-state index in [0.717, 1.165) is 17.2 Å². The Labute approximate surface area is 292 Å². The van der Waals surface area contributed by atoms with E-state index in [2.05, 4.69) is 30.9 Å². The number of amides is 4. The number of fused-ring (bicyclic) bond motifs is 1. The number of aromatic nitrogens is 1. The van der Waals surface area contributed by atoms with Crippen LogP contribution in [0, 0.1) is 11.8 Å². The predicted molar refractivity (Wildman–Crippen MR) is 180 cm³/mol. The first kappa shape index (κ1) is 38.6. The zero-order valence-electron chi connectivity index (χ0n) is 28.5. The number of benzene rings is 2. The van der Waals surface area contributed by atoms with Crippen molar-refractivity contribution < 1.29 is 46.4 Å². The lowest BCUT2D eigenvalue weighted by molar-refractivity contribution is -0.155. The number of nitrogens with zero attached hydrogens (tertiary/aromatic N) is 1. The van der Waals surface area contributed by atoms with Crippen molar-refractivity contribution >= 4 is 40.4 Å². The second-order valence-corrected chi connectivity index (χ2v) is 12.7. The maximum Gasteiger partial charge on any atom is 0.452 e. The summed E-state index contributed by atoms with van der Waals surface area (Å²) in [4.78, 5) is 65.6. The molecule has 0 spiro atoms. The molecule has 4 atom stereocenters. The summed E-state index contributed by atoms with van der Waals surface area (Å²) >= 11 is 0. The van der Waals surface area contributed by atoms with Gasteiger partial charge >= 0.3 is 12.1 Å². The maximum atomic E-state index is 14.0. The molecule has 0 unspecified atom stereocenters. The van der Waals surface area contributed by atoms with Gasteiger partial charge in [-0.15, -0.1) is 0 Å². The van der Waals surface area contributed by atoms with Crippen LogP contribution in [0.25, 0.3) is 10.8 Å². The molecule has 12 nitrogen and oxygen atoms in total. The van der Waals surface area contributed by atoms with Gasteiger partial charge in [0, 0.05) is 37.1 Å². The van der Waals surface area contributed by atoms with Gasteiger partial charge in [-0.2, -0.15) is 13.2 Å². The van der Waals surface area contributed by atoms with Crippen molar-refractivity contribution in [3.8, 4) is 0 Å². The van der Waals surface area contributed by atoms with Crippen LogP contribution in [0.2, 0.25) is 0 Å². The second kappa shape index (κ2) is 17.6. The molecule has 1 aliphatic heterocycles.